The third-order valence-electron chi connectivity index (χ3n) is 3.42. The van der Waals surface area contributed by atoms with Crippen molar-refractivity contribution in [1.82, 2.24) is 0 Å². The average Bonchev–Trinajstić information content (AvgIpc) is 2.47. The third kappa shape index (κ3) is 3.55. The fourth-order valence-electron chi connectivity index (χ4n) is 2.10. The number of anilines is 2. The van der Waals surface area contributed by atoms with Crippen molar-refractivity contribution in [3.8, 4) is 0 Å². The minimum absolute atomic E-state index is 0.248. The van der Waals surface area contributed by atoms with E-state index in [2.05, 4.69) is 4.72 Å². The molecular weight excluding hydrogens is 284 g/mol. The van der Waals surface area contributed by atoms with Crippen LogP contribution in [-0.2, 0) is 22.9 Å². The van der Waals surface area contributed by atoms with Gasteiger partial charge in [0.25, 0.3) is 10.0 Å². The largest absolute Gasteiger partial charge is 0.398 e. The first-order chi connectivity index (χ1) is 9.96. The van der Waals surface area contributed by atoms with E-state index in [1.165, 1.54) is 0 Å². The number of benzene rings is 2. The molecule has 0 amide bonds. The smallest absolute Gasteiger partial charge is 0.261 e. The van der Waals surface area contributed by atoms with Crippen molar-refractivity contribution in [2.24, 2.45) is 0 Å². The number of nitrogens with two attached hydrogens (primary N) is 1. The summed E-state index contributed by atoms with van der Waals surface area (Å²) < 4.78 is 27.2. The molecule has 2 aromatic carbocycles. The Balaban J connectivity index is 2.26. The van der Waals surface area contributed by atoms with Crippen LogP contribution in [0.1, 0.15) is 25.0 Å². The minimum atomic E-state index is -3.58. The molecular formula is C16H20N2O2S. The summed E-state index contributed by atoms with van der Waals surface area (Å²) in [7, 11) is -3.58. The number of rotatable bonds is 5. The van der Waals surface area contributed by atoms with Gasteiger partial charge >= 0.3 is 0 Å². The normalized spacial score (nSPS) is 11.3. The fraction of sp³-hybridized carbons (Fsp3) is 0.250. The molecule has 0 unspecified atom stereocenters. The first kappa shape index (κ1) is 15.4. The Bertz CT molecular complexity index is 722. The van der Waals surface area contributed by atoms with Gasteiger partial charge in [-0.15, -0.1) is 0 Å². The zero-order valence-electron chi connectivity index (χ0n) is 12.3. The molecule has 0 saturated heterocycles. The predicted molar refractivity (Wildman–Crippen MR) is 86.9 cm³/mol. The Morgan fingerprint density at radius 1 is 1.00 bits per heavy atom. The Labute approximate surface area is 126 Å². The second kappa shape index (κ2) is 6.18. The number of nitrogen functional groups attached to an aromatic ring is 1. The summed E-state index contributed by atoms with van der Waals surface area (Å²) in [5.74, 6) is 0. The Kier molecular flexibility index (Phi) is 4.53. The molecule has 2 rings (SSSR count). The SMILES string of the molecule is CCc1ccc(S(=O)(=O)Nc2ccc(CC)c(N)c2)cc1. The van der Waals surface area contributed by atoms with E-state index in [1.54, 1.807) is 24.3 Å². The van der Waals surface area contributed by atoms with Gasteiger partial charge in [0, 0.05) is 5.69 Å². The van der Waals surface area contributed by atoms with Crippen molar-refractivity contribution in [2.45, 2.75) is 31.6 Å². The van der Waals surface area contributed by atoms with Crippen molar-refractivity contribution in [3.05, 3.63) is 53.6 Å². The Morgan fingerprint density at radius 3 is 2.19 bits per heavy atom. The highest BCUT2D eigenvalue weighted by Crippen LogP contribution is 2.21. The highest BCUT2D eigenvalue weighted by Gasteiger charge is 2.14. The standard InChI is InChI=1S/C16H20N2O2S/c1-3-12-5-9-15(10-6-12)21(19,20)18-14-8-7-13(4-2)16(17)11-14/h5-11,18H,3-4,17H2,1-2H3. The molecule has 0 atom stereocenters. The van der Waals surface area contributed by atoms with Gasteiger partial charge in [0.05, 0.1) is 10.6 Å². The summed E-state index contributed by atoms with van der Waals surface area (Å²) in [6.07, 6.45) is 1.69. The molecule has 0 radical (unpaired) electrons. The van der Waals surface area contributed by atoms with Crippen LogP contribution in [-0.4, -0.2) is 8.42 Å². The summed E-state index contributed by atoms with van der Waals surface area (Å²) in [6.45, 7) is 4.03. The summed E-state index contributed by atoms with van der Waals surface area (Å²) in [4.78, 5) is 0.248. The van der Waals surface area contributed by atoms with Crippen molar-refractivity contribution >= 4 is 21.4 Å². The van der Waals surface area contributed by atoms with E-state index in [4.69, 9.17) is 5.73 Å². The number of nitrogens with one attached hydrogen (secondary N) is 1. The summed E-state index contributed by atoms with van der Waals surface area (Å²) in [6, 6.07) is 12.1. The Morgan fingerprint density at radius 2 is 1.67 bits per heavy atom. The molecule has 4 nitrogen and oxygen atoms in total. The Hall–Kier alpha value is -2.01. The second-order valence-corrected chi connectivity index (χ2v) is 6.55. The summed E-state index contributed by atoms with van der Waals surface area (Å²) >= 11 is 0. The van der Waals surface area contributed by atoms with Crippen molar-refractivity contribution in [1.29, 1.82) is 0 Å². The van der Waals surface area contributed by atoms with E-state index in [0.29, 0.717) is 11.4 Å². The van der Waals surface area contributed by atoms with E-state index in [-0.39, 0.29) is 4.90 Å². The van der Waals surface area contributed by atoms with Crippen molar-refractivity contribution < 1.29 is 8.42 Å². The van der Waals surface area contributed by atoms with Crippen LogP contribution in [0, 0.1) is 0 Å². The van der Waals surface area contributed by atoms with Gasteiger partial charge < -0.3 is 5.73 Å². The van der Waals surface area contributed by atoms with Crippen LogP contribution in [0.25, 0.3) is 0 Å². The lowest BCUT2D eigenvalue weighted by atomic mass is 10.1. The predicted octanol–water partition coefficient (Wildman–Crippen LogP) is 3.19. The molecule has 2 aromatic rings. The van der Waals surface area contributed by atoms with Gasteiger partial charge in [0.2, 0.25) is 0 Å². The van der Waals surface area contributed by atoms with Crippen LogP contribution >= 0.6 is 0 Å². The van der Waals surface area contributed by atoms with Gasteiger partial charge in [-0.2, -0.15) is 0 Å². The number of aryl methyl sites for hydroxylation is 2. The highest BCUT2D eigenvalue weighted by atomic mass is 32.2. The molecule has 0 aliphatic heterocycles. The maximum atomic E-state index is 12.3. The number of sulfonamides is 1. The van der Waals surface area contributed by atoms with Crippen LogP contribution in [0.5, 0.6) is 0 Å². The van der Waals surface area contributed by atoms with E-state index in [9.17, 15) is 8.42 Å². The highest BCUT2D eigenvalue weighted by molar-refractivity contribution is 7.92. The maximum Gasteiger partial charge on any atom is 0.261 e. The summed E-state index contributed by atoms with van der Waals surface area (Å²) in [5, 5.41) is 0. The lowest BCUT2D eigenvalue weighted by molar-refractivity contribution is 0.601. The fourth-order valence-corrected chi connectivity index (χ4v) is 3.15. The van der Waals surface area contributed by atoms with Gasteiger partial charge in [-0.25, -0.2) is 8.42 Å². The van der Waals surface area contributed by atoms with Crippen molar-refractivity contribution in [3.63, 3.8) is 0 Å². The average molecular weight is 304 g/mol. The molecule has 112 valence electrons. The third-order valence-corrected chi connectivity index (χ3v) is 4.82. The number of hydrogen-bond donors (Lipinski definition) is 2. The molecule has 21 heavy (non-hydrogen) atoms. The van der Waals surface area contributed by atoms with Crippen LogP contribution in [0.3, 0.4) is 0 Å². The van der Waals surface area contributed by atoms with E-state index in [1.807, 2.05) is 32.0 Å². The van der Waals surface area contributed by atoms with Crippen LogP contribution in [0.4, 0.5) is 11.4 Å². The topological polar surface area (TPSA) is 72.2 Å². The molecule has 0 heterocycles. The molecule has 0 fully saturated rings. The van der Waals surface area contributed by atoms with Crippen molar-refractivity contribution in [2.75, 3.05) is 10.5 Å². The lowest BCUT2D eigenvalue weighted by Crippen LogP contribution is -2.13. The first-order valence-electron chi connectivity index (χ1n) is 6.96. The molecule has 0 saturated carbocycles. The van der Waals surface area contributed by atoms with Crippen LogP contribution in [0.15, 0.2) is 47.4 Å². The van der Waals surface area contributed by atoms with Gasteiger partial charge in [0.1, 0.15) is 0 Å². The van der Waals surface area contributed by atoms with Crippen LogP contribution in [0.2, 0.25) is 0 Å². The van der Waals surface area contributed by atoms with Gasteiger partial charge in [0.15, 0.2) is 0 Å². The molecule has 0 aromatic heterocycles. The van der Waals surface area contributed by atoms with E-state index >= 15 is 0 Å². The number of hydrogen-bond acceptors (Lipinski definition) is 3. The zero-order chi connectivity index (χ0) is 15.5. The van der Waals surface area contributed by atoms with Crippen LogP contribution < -0.4 is 10.5 Å². The zero-order valence-corrected chi connectivity index (χ0v) is 13.1. The molecule has 5 heteroatoms. The molecule has 0 aliphatic rings. The molecule has 0 aliphatic carbocycles. The van der Waals surface area contributed by atoms with Gasteiger partial charge in [-0.05, 0) is 48.2 Å². The lowest BCUT2D eigenvalue weighted by Gasteiger charge is -2.10. The monoisotopic (exact) mass is 304 g/mol. The van der Waals surface area contributed by atoms with Gasteiger partial charge in [-0.3, -0.25) is 4.72 Å². The maximum absolute atomic E-state index is 12.3. The van der Waals surface area contributed by atoms with Gasteiger partial charge in [-0.1, -0.05) is 32.0 Å². The molecule has 0 bridgehead atoms. The first-order valence-corrected chi connectivity index (χ1v) is 8.44. The quantitative estimate of drug-likeness (QED) is 0.833. The molecule has 0 spiro atoms. The second-order valence-electron chi connectivity index (χ2n) is 4.87. The van der Waals surface area contributed by atoms with E-state index < -0.39 is 10.0 Å². The summed E-state index contributed by atoms with van der Waals surface area (Å²) in [5.41, 5.74) is 9.07. The minimum Gasteiger partial charge on any atom is -0.398 e. The molecule has 3 N–H and O–H groups in total. The van der Waals surface area contributed by atoms with E-state index in [0.717, 1.165) is 24.0 Å².